The number of halogens is 2. The average molecular weight is 412 g/mol. The van der Waals surface area contributed by atoms with Crippen LogP contribution in [0.15, 0.2) is 18.2 Å². The Kier molecular flexibility index (Phi) is 5.81. The Hall–Kier alpha value is -3.42. The molecule has 2 heterocycles. The van der Waals surface area contributed by atoms with E-state index in [-0.39, 0.29) is 40.5 Å². The molecule has 1 N–H and O–H groups in total. The van der Waals surface area contributed by atoms with Crippen molar-refractivity contribution in [2.24, 2.45) is 0 Å². The van der Waals surface area contributed by atoms with Crippen LogP contribution in [0, 0.1) is 24.7 Å². The molecule has 0 saturated heterocycles. The zero-order chi connectivity index (χ0) is 21.1. The molecule has 1 aromatic carbocycles. The van der Waals surface area contributed by atoms with Crippen molar-refractivity contribution in [2.75, 3.05) is 5.32 Å². The van der Waals surface area contributed by atoms with Crippen molar-refractivity contribution in [2.45, 2.75) is 32.2 Å². The predicted molar refractivity (Wildman–Crippen MR) is 106 cm³/mol. The van der Waals surface area contributed by atoms with Crippen molar-refractivity contribution in [1.29, 1.82) is 0 Å². The number of rotatable bonds is 6. The summed E-state index contributed by atoms with van der Waals surface area (Å²) in [5.74, 6) is -0.411. The van der Waals surface area contributed by atoms with Gasteiger partial charge in [-0.1, -0.05) is 11.6 Å². The number of nitrogens with zero attached hydrogens (tertiary/aromatic N) is 2. The molecule has 1 aliphatic rings. The minimum atomic E-state index is -0.757. The van der Waals surface area contributed by atoms with Gasteiger partial charge in [-0.3, -0.25) is 14.4 Å². The molecule has 8 heteroatoms. The lowest BCUT2D eigenvalue weighted by molar-refractivity contribution is -0.115. The van der Waals surface area contributed by atoms with Gasteiger partial charge in [-0.25, -0.2) is 9.24 Å². The van der Waals surface area contributed by atoms with E-state index in [2.05, 4.69) is 16.1 Å². The second kappa shape index (κ2) is 8.30. The minimum absolute atomic E-state index is 0.0392. The third-order valence-corrected chi connectivity index (χ3v) is 4.99. The highest BCUT2D eigenvalue weighted by Crippen LogP contribution is 2.34. The topological polar surface area (TPSA) is 72.5 Å². The number of hydrogen-bond acceptors (Lipinski definition) is 3. The zero-order valence-electron chi connectivity index (χ0n) is 15.2. The smallest absolute Gasteiger partial charge is 0.273 e. The summed E-state index contributed by atoms with van der Waals surface area (Å²) >= 11 is 6.36. The van der Waals surface area contributed by atoms with Crippen LogP contribution in [0.4, 0.5) is 15.8 Å². The van der Waals surface area contributed by atoms with Gasteiger partial charge in [-0.05, 0) is 31.0 Å². The Balaban J connectivity index is 1.96. The molecule has 0 fully saturated rings. The third-order valence-electron chi connectivity index (χ3n) is 4.62. The molecule has 0 radical (unpaired) electrons. The van der Waals surface area contributed by atoms with Crippen molar-refractivity contribution in [3.05, 3.63) is 57.4 Å². The lowest BCUT2D eigenvalue weighted by atomic mass is 10.0. The highest BCUT2D eigenvalue weighted by Gasteiger charge is 2.34. The van der Waals surface area contributed by atoms with Gasteiger partial charge in [0.15, 0.2) is 0 Å². The van der Waals surface area contributed by atoms with Crippen LogP contribution in [0.2, 0.25) is 5.02 Å². The Labute approximate surface area is 171 Å². The standard InChI is InChI=1S/C21H15ClFN3O3/c1-3-4-7-16(27)20(28)17-15-6-5-10-26(15)19(18(17)22)21(29)25-12-8-9-13(23)14(11-12)24-2/h1,8-9,11H,4-7,10H2,(H,25,29). The van der Waals surface area contributed by atoms with Gasteiger partial charge in [-0.2, -0.15) is 0 Å². The van der Waals surface area contributed by atoms with E-state index in [9.17, 15) is 18.8 Å². The summed E-state index contributed by atoms with van der Waals surface area (Å²) in [7, 11) is 0. The molecule has 146 valence electrons. The van der Waals surface area contributed by atoms with E-state index in [1.165, 1.54) is 12.1 Å². The van der Waals surface area contributed by atoms with Gasteiger partial charge < -0.3 is 9.88 Å². The largest absolute Gasteiger partial charge is 0.339 e. The number of hydrogen-bond donors (Lipinski definition) is 1. The van der Waals surface area contributed by atoms with Gasteiger partial charge >= 0.3 is 0 Å². The SMILES string of the molecule is [C-]#[N+]c1cc(NC(=O)c2c(Cl)c(C(=O)C(=O)CCC#C)c3n2CCC3)ccc1F. The van der Waals surface area contributed by atoms with Crippen LogP contribution < -0.4 is 5.32 Å². The zero-order valence-corrected chi connectivity index (χ0v) is 16.0. The number of nitrogens with one attached hydrogen (secondary N) is 1. The fourth-order valence-corrected chi connectivity index (χ4v) is 3.69. The second-order valence-corrected chi connectivity index (χ2v) is 6.81. The monoisotopic (exact) mass is 411 g/mol. The molecule has 29 heavy (non-hydrogen) atoms. The van der Waals surface area contributed by atoms with Crippen molar-refractivity contribution >= 4 is 40.4 Å². The van der Waals surface area contributed by atoms with Crippen LogP contribution in [-0.4, -0.2) is 22.0 Å². The summed E-state index contributed by atoms with van der Waals surface area (Å²) in [6, 6.07) is 3.60. The molecule has 0 spiro atoms. The second-order valence-electron chi connectivity index (χ2n) is 6.43. The number of terminal acetylenes is 1. The van der Waals surface area contributed by atoms with Crippen LogP contribution in [-0.2, 0) is 17.8 Å². The molecule has 1 amide bonds. The lowest BCUT2D eigenvalue weighted by Gasteiger charge is -2.09. The van der Waals surface area contributed by atoms with E-state index in [4.69, 9.17) is 24.6 Å². The van der Waals surface area contributed by atoms with Crippen LogP contribution in [0.5, 0.6) is 0 Å². The van der Waals surface area contributed by atoms with Gasteiger partial charge in [0.2, 0.25) is 17.3 Å². The first kappa shape index (κ1) is 20.3. The number of anilines is 1. The third kappa shape index (κ3) is 3.78. The van der Waals surface area contributed by atoms with Crippen molar-refractivity contribution in [1.82, 2.24) is 4.57 Å². The first-order valence-electron chi connectivity index (χ1n) is 8.79. The number of Topliss-reactive ketones (excluding diaryl/α,β-unsaturated/α-hetero) is 2. The van der Waals surface area contributed by atoms with Crippen molar-refractivity contribution < 1.29 is 18.8 Å². The quantitative estimate of drug-likeness (QED) is 0.335. The summed E-state index contributed by atoms with van der Waals surface area (Å²) in [4.78, 5) is 40.7. The summed E-state index contributed by atoms with van der Waals surface area (Å²) < 4.78 is 15.1. The van der Waals surface area contributed by atoms with E-state index < -0.39 is 23.3 Å². The number of aromatic nitrogens is 1. The number of fused-ring (bicyclic) bond motifs is 1. The summed E-state index contributed by atoms with van der Waals surface area (Å²) in [5, 5.41) is 2.48. The normalized spacial score (nSPS) is 12.0. The van der Waals surface area contributed by atoms with E-state index in [0.717, 1.165) is 6.07 Å². The van der Waals surface area contributed by atoms with Gasteiger partial charge in [0.25, 0.3) is 5.91 Å². The molecule has 0 saturated carbocycles. The molecular weight excluding hydrogens is 397 g/mol. The van der Waals surface area contributed by atoms with E-state index >= 15 is 0 Å². The van der Waals surface area contributed by atoms with Gasteiger partial charge in [0.05, 0.1) is 17.2 Å². The maximum absolute atomic E-state index is 13.5. The number of ketones is 2. The molecule has 3 rings (SSSR count). The van der Waals surface area contributed by atoms with Crippen molar-refractivity contribution in [3.63, 3.8) is 0 Å². The van der Waals surface area contributed by atoms with Crippen LogP contribution in [0.3, 0.4) is 0 Å². The van der Waals surface area contributed by atoms with Crippen LogP contribution in [0.1, 0.15) is 45.8 Å². The number of carbonyl (C=O) groups excluding carboxylic acids is 3. The van der Waals surface area contributed by atoms with Crippen LogP contribution in [0.25, 0.3) is 4.85 Å². The fraction of sp³-hybridized carbons (Fsp3) is 0.238. The Bertz CT molecular complexity index is 1120. The molecule has 1 aromatic heterocycles. The number of amides is 1. The summed E-state index contributed by atoms with van der Waals surface area (Å²) in [6.45, 7) is 7.44. The predicted octanol–water partition coefficient (Wildman–Crippen LogP) is 4.20. The van der Waals surface area contributed by atoms with Gasteiger partial charge in [0.1, 0.15) is 11.5 Å². The molecular formula is C21H15ClFN3O3. The molecule has 0 bridgehead atoms. The van der Waals surface area contributed by atoms with E-state index in [0.29, 0.717) is 25.1 Å². The Morgan fingerprint density at radius 3 is 2.83 bits per heavy atom. The first-order chi connectivity index (χ1) is 13.9. The first-order valence-corrected chi connectivity index (χ1v) is 9.17. The van der Waals surface area contributed by atoms with Gasteiger partial charge in [0, 0.05) is 30.8 Å². The number of carbonyl (C=O) groups is 3. The molecule has 2 aromatic rings. The Morgan fingerprint density at radius 2 is 2.14 bits per heavy atom. The van der Waals surface area contributed by atoms with Gasteiger partial charge in [-0.15, -0.1) is 12.3 Å². The molecule has 6 nitrogen and oxygen atoms in total. The van der Waals surface area contributed by atoms with Crippen LogP contribution >= 0.6 is 11.6 Å². The molecule has 1 aliphatic heterocycles. The van der Waals surface area contributed by atoms with Crippen molar-refractivity contribution in [3.8, 4) is 12.3 Å². The lowest BCUT2D eigenvalue weighted by Crippen LogP contribution is -2.17. The highest BCUT2D eigenvalue weighted by atomic mass is 35.5. The van der Waals surface area contributed by atoms with E-state index in [1.54, 1.807) is 4.57 Å². The molecule has 0 atom stereocenters. The number of benzene rings is 1. The molecule has 0 aliphatic carbocycles. The van der Waals surface area contributed by atoms with E-state index in [1.807, 2.05) is 0 Å². The maximum Gasteiger partial charge on any atom is 0.273 e. The average Bonchev–Trinajstić information content (AvgIpc) is 3.26. The molecule has 0 unspecified atom stereocenters. The maximum atomic E-state index is 13.5. The highest BCUT2D eigenvalue weighted by molar-refractivity contribution is 6.49. The fourth-order valence-electron chi connectivity index (χ4n) is 3.30. The summed E-state index contributed by atoms with van der Waals surface area (Å²) in [5.41, 5.74) is 0.618. The minimum Gasteiger partial charge on any atom is -0.339 e. The Morgan fingerprint density at radius 1 is 1.38 bits per heavy atom. The summed E-state index contributed by atoms with van der Waals surface area (Å²) in [6.07, 6.45) is 6.40.